The monoisotopic (exact) mass is 470 g/mol. The van der Waals surface area contributed by atoms with E-state index in [-0.39, 0.29) is 18.5 Å². The second-order valence-corrected chi connectivity index (χ2v) is 8.35. The summed E-state index contributed by atoms with van der Waals surface area (Å²) in [5.41, 5.74) is 8.59. The van der Waals surface area contributed by atoms with Crippen molar-refractivity contribution in [2.24, 2.45) is 11.7 Å². The van der Waals surface area contributed by atoms with E-state index in [2.05, 4.69) is 15.0 Å². The van der Waals surface area contributed by atoms with E-state index in [1.54, 1.807) is 36.7 Å². The van der Waals surface area contributed by atoms with Crippen molar-refractivity contribution < 1.29 is 19.4 Å². The molecular formula is C27H26N4O4. The predicted octanol–water partition coefficient (Wildman–Crippen LogP) is 2.89. The molecule has 0 fully saturated rings. The molecule has 4 aromatic rings. The Balaban J connectivity index is 1.53. The topological polar surface area (TPSA) is 128 Å². The summed E-state index contributed by atoms with van der Waals surface area (Å²) >= 11 is 0. The fourth-order valence-corrected chi connectivity index (χ4v) is 3.90. The van der Waals surface area contributed by atoms with Gasteiger partial charge in [-0.2, -0.15) is 0 Å². The Morgan fingerprint density at radius 1 is 0.886 bits per heavy atom. The molecule has 178 valence electrons. The highest BCUT2D eigenvalue weighted by atomic mass is 16.6. The number of carbonyl (C=O) groups excluding carboxylic acids is 2. The molecule has 1 amide bonds. The number of aliphatic hydroxyl groups is 1. The average Bonchev–Trinajstić information content (AvgIpc) is 2.88. The second-order valence-electron chi connectivity index (χ2n) is 8.35. The summed E-state index contributed by atoms with van der Waals surface area (Å²) in [5.74, 6) is -1.91. The molecule has 35 heavy (non-hydrogen) atoms. The third-order valence-electron chi connectivity index (χ3n) is 5.76. The highest BCUT2D eigenvalue weighted by molar-refractivity contribution is 5.89. The second kappa shape index (κ2) is 11.3. The molecule has 0 aliphatic rings. The van der Waals surface area contributed by atoms with Gasteiger partial charge in [0, 0.05) is 24.7 Å². The van der Waals surface area contributed by atoms with Crippen molar-refractivity contribution in [3.05, 3.63) is 102 Å². The molecule has 0 radical (unpaired) electrons. The van der Waals surface area contributed by atoms with Crippen molar-refractivity contribution >= 4 is 22.9 Å². The van der Waals surface area contributed by atoms with Gasteiger partial charge in [0.25, 0.3) is 0 Å². The highest BCUT2D eigenvalue weighted by Crippen LogP contribution is 2.20. The number of nitrogens with two attached hydrogens (primary N) is 1. The number of fused-ring (bicyclic) bond motifs is 1. The average molecular weight is 471 g/mol. The molecule has 3 N–H and O–H groups in total. The van der Waals surface area contributed by atoms with Crippen LogP contribution in [-0.4, -0.2) is 44.1 Å². The first-order valence-electron chi connectivity index (χ1n) is 11.3. The van der Waals surface area contributed by atoms with Crippen LogP contribution in [-0.2, 0) is 22.4 Å². The van der Waals surface area contributed by atoms with Crippen molar-refractivity contribution in [1.82, 2.24) is 15.0 Å². The molecule has 2 aromatic heterocycles. The van der Waals surface area contributed by atoms with E-state index in [1.807, 2.05) is 42.5 Å². The Morgan fingerprint density at radius 3 is 2.31 bits per heavy atom. The minimum Gasteiger partial charge on any atom is -0.454 e. The molecule has 8 nitrogen and oxygen atoms in total. The number of hydrogen-bond donors (Lipinski definition) is 2. The SMILES string of the molecule is NC(=O)[C@H](Cc1cccnc1)C[C@H](O)[C@H](Cc1ccccc1)OC(=O)c1cnc2ccccc2n1. The van der Waals surface area contributed by atoms with E-state index < -0.39 is 30.0 Å². The van der Waals surface area contributed by atoms with Crippen LogP contribution in [0.5, 0.6) is 0 Å². The fourth-order valence-electron chi connectivity index (χ4n) is 3.90. The Labute approximate surface area is 202 Å². The van der Waals surface area contributed by atoms with E-state index in [0.717, 1.165) is 11.1 Å². The van der Waals surface area contributed by atoms with Gasteiger partial charge in [0.2, 0.25) is 5.91 Å². The summed E-state index contributed by atoms with van der Waals surface area (Å²) in [6.07, 6.45) is 3.19. The number of pyridine rings is 1. The molecule has 0 aliphatic heterocycles. The van der Waals surface area contributed by atoms with E-state index >= 15 is 0 Å². The Morgan fingerprint density at radius 2 is 1.60 bits per heavy atom. The van der Waals surface area contributed by atoms with Gasteiger partial charge in [-0.05, 0) is 42.2 Å². The summed E-state index contributed by atoms with van der Waals surface area (Å²) in [7, 11) is 0. The zero-order chi connectivity index (χ0) is 24.6. The third-order valence-corrected chi connectivity index (χ3v) is 5.76. The van der Waals surface area contributed by atoms with Crippen molar-refractivity contribution in [2.45, 2.75) is 31.5 Å². The van der Waals surface area contributed by atoms with Gasteiger partial charge < -0.3 is 15.6 Å². The van der Waals surface area contributed by atoms with Gasteiger partial charge in [-0.3, -0.25) is 14.8 Å². The molecule has 0 spiro atoms. The lowest BCUT2D eigenvalue weighted by atomic mass is 9.90. The van der Waals surface area contributed by atoms with Crippen LogP contribution >= 0.6 is 0 Å². The van der Waals surface area contributed by atoms with Crippen LogP contribution in [0.15, 0.2) is 85.3 Å². The molecule has 0 bridgehead atoms. The van der Waals surface area contributed by atoms with Crippen LogP contribution in [0.3, 0.4) is 0 Å². The van der Waals surface area contributed by atoms with Gasteiger partial charge in [0.15, 0.2) is 5.69 Å². The van der Waals surface area contributed by atoms with E-state index in [0.29, 0.717) is 17.5 Å². The number of ether oxygens (including phenoxy) is 1. The van der Waals surface area contributed by atoms with E-state index in [4.69, 9.17) is 10.5 Å². The Hall–Kier alpha value is -4.17. The van der Waals surface area contributed by atoms with Gasteiger partial charge in [0.1, 0.15) is 6.10 Å². The summed E-state index contributed by atoms with van der Waals surface area (Å²) in [4.78, 5) is 37.8. The third kappa shape index (κ3) is 6.45. The molecule has 3 atom stereocenters. The lowest BCUT2D eigenvalue weighted by Gasteiger charge is -2.26. The van der Waals surface area contributed by atoms with Crippen molar-refractivity contribution in [1.29, 1.82) is 0 Å². The highest BCUT2D eigenvalue weighted by Gasteiger charge is 2.30. The minimum absolute atomic E-state index is 0.0262. The van der Waals surface area contributed by atoms with Crippen LogP contribution < -0.4 is 5.73 Å². The van der Waals surface area contributed by atoms with Gasteiger partial charge in [-0.15, -0.1) is 0 Å². The molecule has 0 saturated heterocycles. The fraction of sp³-hybridized carbons (Fsp3) is 0.222. The summed E-state index contributed by atoms with van der Waals surface area (Å²) < 4.78 is 5.73. The van der Waals surface area contributed by atoms with Crippen molar-refractivity contribution in [2.75, 3.05) is 0 Å². The maximum Gasteiger partial charge on any atom is 0.358 e. The minimum atomic E-state index is -1.14. The number of para-hydroxylation sites is 2. The first-order valence-corrected chi connectivity index (χ1v) is 11.3. The molecule has 0 aliphatic carbocycles. The number of carbonyl (C=O) groups is 2. The summed E-state index contributed by atoms with van der Waals surface area (Å²) in [6, 6.07) is 20.2. The number of aromatic nitrogens is 3. The number of nitrogens with zero attached hydrogens (tertiary/aromatic N) is 3. The molecular weight excluding hydrogens is 444 g/mol. The molecule has 0 saturated carbocycles. The van der Waals surface area contributed by atoms with Crippen LogP contribution in [0.1, 0.15) is 28.0 Å². The van der Waals surface area contributed by atoms with Crippen LogP contribution in [0.25, 0.3) is 11.0 Å². The number of amides is 1. The predicted molar refractivity (Wildman–Crippen MR) is 130 cm³/mol. The van der Waals surface area contributed by atoms with E-state index in [1.165, 1.54) is 6.20 Å². The lowest BCUT2D eigenvalue weighted by Crippen LogP contribution is -2.38. The maximum absolute atomic E-state index is 13.0. The van der Waals surface area contributed by atoms with Crippen LogP contribution in [0.4, 0.5) is 0 Å². The molecule has 2 heterocycles. The number of primary amides is 1. The van der Waals surface area contributed by atoms with Gasteiger partial charge in [-0.25, -0.2) is 9.78 Å². The zero-order valence-electron chi connectivity index (χ0n) is 19.0. The number of esters is 1. The molecule has 4 rings (SSSR count). The van der Waals surface area contributed by atoms with Crippen molar-refractivity contribution in [3.63, 3.8) is 0 Å². The summed E-state index contributed by atoms with van der Waals surface area (Å²) in [6.45, 7) is 0. The largest absolute Gasteiger partial charge is 0.454 e. The lowest BCUT2D eigenvalue weighted by molar-refractivity contribution is -0.123. The first kappa shape index (κ1) is 24.0. The number of aliphatic hydroxyl groups excluding tert-OH is 1. The number of rotatable bonds is 10. The van der Waals surface area contributed by atoms with Gasteiger partial charge in [0.05, 0.1) is 23.3 Å². The zero-order valence-corrected chi connectivity index (χ0v) is 19.0. The number of benzene rings is 2. The molecule has 0 unspecified atom stereocenters. The van der Waals surface area contributed by atoms with Crippen LogP contribution in [0, 0.1) is 5.92 Å². The summed E-state index contributed by atoms with van der Waals surface area (Å²) in [5, 5.41) is 11.1. The van der Waals surface area contributed by atoms with Gasteiger partial charge >= 0.3 is 5.97 Å². The van der Waals surface area contributed by atoms with Gasteiger partial charge in [-0.1, -0.05) is 48.5 Å². The normalized spacial score (nSPS) is 13.6. The Bertz CT molecular complexity index is 1280. The molecule has 2 aromatic carbocycles. The smallest absolute Gasteiger partial charge is 0.358 e. The standard InChI is InChI=1S/C27H26N4O4/c28-26(33)20(13-19-9-6-12-29-16-19)15-24(32)25(14-18-7-2-1-3-8-18)35-27(34)23-17-30-21-10-4-5-11-22(21)31-23/h1-12,16-17,20,24-25,32H,13-15H2,(H2,28,33)/t20-,24+,25+/m1/s1. The first-order chi connectivity index (χ1) is 17.0. The Kier molecular flexibility index (Phi) is 7.74. The number of hydrogen-bond acceptors (Lipinski definition) is 7. The van der Waals surface area contributed by atoms with Crippen LogP contribution in [0.2, 0.25) is 0 Å². The quantitative estimate of drug-likeness (QED) is 0.341. The maximum atomic E-state index is 13.0. The van der Waals surface area contributed by atoms with Crippen molar-refractivity contribution in [3.8, 4) is 0 Å². The van der Waals surface area contributed by atoms with E-state index in [9.17, 15) is 14.7 Å². The molecule has 8 heteroatoms.